The number of hydroxylamine groups is 2. The van der Waals surface area contributed by atoms with Crippen LogP contribution in [0, 0.1) is 29.1 Å². The molecule has 220 valence electrons. The molecule has 1 saturated heterocycles. The van der Waals surface area contributed by atoms with Crippen LogP contribution in [-0.4, -0.2) is 71.5 Å². The number of benzene rings is 2. The van der Waals surface area contributed by atoms with E-state index in [0.717, 1.165) is 41.9 Å². The first kappa shape index (κ1) is 28.3. The number of nitrogens with one attached hydrogen (secondary N) is 1. The zero-order valence-corrected chi connectivity index (χ0v) is 24.6. The maximum Gasteiger partial charge on any atom is 0.240 e. The number of rotatable bonds is 8. The Balaban J connectivity index is 1.20. The number of amides is 1. The number of aliphatic imine (C=N–C) groups is 1. The van der Waals surface area contributed by atoms with Crippen molar-refractivity contribution in [3.8, 4) is 11.1 Å². The largest absolute Gasteiger partial charge is 0.394 e. The van der Waals surface area contributed by atoms with Crippen molar-refractivity contribution in [3.63, 3.8) is 0 Å². The Bertz CT molecular complexity index is 1280. The fourth-order valence-electron chi connectivity index (χ4n) is 7.93. The van der Waals surface area contributed by atoms with Gasteiger partial charge in [-0.1, -0.05) is 51.1 Å². The third kappa shape index (κ3) is 5.20. The second kappa shape index (κ2) is 11.1. The molecule has 8 heteroatoms. The van der Waals surface area contributed by atoms with Gasteiger partial charge in [0, 0.05) is 24.2 Å². The molecule has 3 aliphatic carbocycles. The summed E-state index contributed by atoms with van der Waals surface area (Å²) in [5, 5.41) is 25.9. The van der Waals surface area contributed by atoms with Crippen LogP contribution in [0.4, 0.5) is 5.69 Å². The van der Waals surface area contributed by atoms with E-state index in [4.69, 9.17) is 4.84 Å². The summed E-state index contributed by atoms with van der Waals surface area (Å²) in [5.41, 5.74) is 4.63. The molecule has 2 heterocycles. The lowest BCUT2D eigenvalue weighted by molar-refractivity contribution is -0.183. The minimum atomic E-state index is -0.811. The summed E-state index contributed by atoms with van der Waals surface area (Å²) in [7, 11) is 0. The SMILES string of the molecule is C[C@@H]1[C@@H](NC(=O)[C@@H]2[C@H]([C@H](C)O)[C@H](CO)ON2Cc2cccc(-c3ccc(N4C=NCC4)cc3)c2)C[C@H]2C[C@@H]1C2(C)C. The molecule has 7 rings (SSSR count). The molecule has 4 fully saturated rings. The lowest BCUT2D eigenvalue weighted by atomic mass is 9.45. The number of nitrogens with zero attached hydrogens (tertiary/aromatic N) is 3. The summed E-state index contributed by atoms with van der Waals surface area (Å²) in [6.07, 6.45) is 2.66. The third-order valence-electron chi connectivity index (χ3n) is 10.6. The summed E-state index contributed by atoms with van der Waals surface area (Å²) in [6, 6.07) is 16.1. The van der Waals surface area contributed by atoms with Crippen molar-refractivity contribution in [1.29, 1.82) is 0 Å². The van der Waals surface area contributed by atoms with Gasteiger partial charge in [0.05, 0.1) is 32.1 Å². The van der Waals surface area contributed by atoms with Gasteiger partial charge in [-0.05, 0) is 77.8 Å². The lowest BCUT2D eigenvalue weighted by Gasteiger charge is -2.62. The van der Waals surface area contributed by atoms with Gasteiger partial charge in [0.25, 0.3) is 0 Å². The van der Waals surface area contributed by atoms with Gasteiger partial charge in [0.2, 0.25) is 5.91 Å². The smallest absolute Gasteiger partial charge is 0.240 e. The first-order valence-corrected chi connectivity index (χ1v) is 15.2. The maximum absolute atomic E-state index is 13.9. The molecule has 8 atom stereocenters. The van der Waals surface area contributed by atoms with Crippen molar-refractivity contribution < 1.29 is 19.8 Å². The van der Waals surface area contributed by atoms with Crippen molar-refractivity contribution in [2.45, 2.75) is 71.4 Å². The number of anilines is 1. The van der Waals surface area contributed by atoms with Crippen molar-refractivity contribution in [2.24, 2.45) is 34.1 Å². The van der Waals surface area contributed by atoms with Gasteiger partial charge >= 0.3 is 0 Å². The fourth-order valence-corrected chi connectivity index (χ4v) is 7.93. The van der Waals surface area contributed by atoms with Gasteiger partial charge in [0.1, 0.15) is 12.1 Å². The Morgan fingerprint density at radius 2 is 1.95 bits per heavy atom. The average Bonchev–Trinajstić information content (AvgIpc) is 3.62. The van der Waals surface area contributed by atoms with Crippen LogP contribution < -0.4 is 10.2 Å². The van der Waals surface area contributed by atoms with E-state index in [2.05, 4.69) is 72.4 Å². The van der Waals surface area contributed by atoms with Crippen molar-refractivity contribution >= 4 is 17.9 Å². The van der Waals surface area contributed by atoms with Gasteiger partial charge in [-0.2, -0.15) is 5.06 Å². The molecule has 0 spiro atoms. The number of aliphatic hydroxyl groups excluding tert-OH is 2. The van der Waals surface area contributed by atoms with Crippen LogP contribution in [0.5, 0.6) is 0 Å². The Morgan fingerprint density at radius 3 is 2.59 bits per heavy atom. The van der Waals surface area contributed by atoms with Crippen LogP contribution in [0.25, 0.3) is 11.1 Å². The van der Waals surface area contributed by atoms with Gasteiger partial charge in [-0.3, -0.25) is 14.6 Å². The summed E-state index contributed by atoms with van der Waals surface area (Å²) in [6.45, 7) is 10.5. The quantitative estimate of drug-likeness (QED) is 0.454. The van der Waals surface area contributed by atoms with E-state index in [1.165, 1.54) is 6.42 Å². The molecule has 41 heavy (non-hydrogen) atoms. The molecule has 8 nitrogen and oxygen atoms in total. The van der Waals surface area contributed by atoms with Gasteiger partial charge < -0.3 is 20.4 Å². The molecule has 2 aliphatic heterocycles. The molecular formula is C33H44N4O4. The highest BCUT2D eigenvalue weighted by Crippen LogP contribution is 2.61. The van der Waals surface area contributed by atoms with Crippen LogP contribution in [0.2, 0.25) is 0 Å². The molecule has 0 unspecified atom stereocenters. The highest BCUT2D eigenvalue weighted by atomic mass is 16.7. The molecule has 2 bridgehead atoms. The van der Waals surface area contributed by atoms with E-state index < -0.39 is 24.2 Å². The second-order valence-electron chi connectivity index (χ2n) is 13.2. The number of carbonyl (C=O) groups excluding carboxylic acids is 1. The standard InChI is InChI=1S/C33H44N4O4/c1-20-27-15-25(33(27,3)4)16-28(20)35-32(40)31-30(21(2)39)29(18-38)41-37(31)17-22-6-5-7-24(14-22)23-8-10-26(11-9-23)36-13-12-34-19-36/h5-11,14,19-21,25,27-31,38-39H,12-13,15-18H2,1-4H3,(H,35,40)/t20-,21-,25+,27-,28-,29-,30+,31-/m0/s1. The minimum Gasteiger partial charge on any atom is -0.394 e. The maximum atomic E-state index is 13.9. The molecule has 1 amide bonds. The van der Waals surface area contributed by atoms with Crippen LogP contribution in [0.15, 0.2) is 53.5 Å². The van der Waals surface area contributed by atoms with E-state index in [-0.39, 0.29) is 18.6 Å². The topological polar surface area (TPSA) is 97.6 Å². The average molecular weight is 561 g/mol. The first-order valence-electron chi connectivity index (χ1n) is 15.2. The normalized spacial score (nSPS) is 33.0. The zero-order valence-electron chi connectivity index (χ0n) is 24.6. The number of aliphatic hydroxyl groups is 2. The van der Waals surface area contributed by atoms with Crippen LogP contribution in [-0.2, 0) is 16.2 Å². The fraction of sp³-hybridized carbons (Fsp3) is 0.576. The molecule has 3 N–H and O–H groups in total. The molecule has 2 aromatic carbocycles. The predicted octanol–water partition coefficient (Wildman–Crippen LogP) is 3.86. The summed E-state index contributed by atoms with van der Waals surface area (Å²) >= 11 is 0. The van der Waals surface area contributed by atoms with E-state index in [1.807, 2.05) is 18.5 Å². The predicted molar refractivity (Wildman–Crippen MR) is 160 cm³/mol. The van der Waals surface area contributed by atoms with Crippen LogP contribution >= 0.6 is 0 Å². The Labute approximate surface area is 243 Å². The first-order chi connectivity index (χ1) is 19.7. The molecule has 5 aliphatic rings. The Hall–Kier alpha value is -2.78. The summed E-state index contributed by atoms with van der Waals surface area (Å²) < 4.78 is 0. The van der Waals surface area contributed by atoms with Crippen molar-refractivity contribution in [1.82, 2.24) is 10.4 Å². The van der Waals surface area contributed by atoms with E-state index in [1.54, 1.807) is 12.0 Å². The Kier molecular flexibility index (Phi) is 7.70. The van der Waals surface area contributed by atoms with E-state index in [9.17, 15) is 15.0 Å². The molecular weight excluding hydrogens is 516 g/mol. The molecule has 0 aromatic heterocycles. The number of hydrogen-bond acceptors (Lipinski definition) is 7. The summed E-state index contributed by atoms with van der Waals surface area (Å²) in [5.74, 6) is 0.979. The van der Waals surface area contributed by atoms with Crippen LogP contribution in [0.1, 0.15) is 46.1 Å². The number of fused-ring (bicyclic) bond motifs is 2. The number of carbonyl (C=O) groups is 1. The van der Waals surface area contributed by atoms with Gasteiger partial charge in [-0.15, -0.1) is 0 Å². The highest BCUT2D eigenvalue weighted by Gasteiger charge is 2.57. The molecule has 0 radical (unpaired) electrons. The third-order valence-corrected chi connectivity index (χ3v) is 10.6. The van der Waals surface area contributed by atoms with Crippen molar-refractivity contribution in [2.75, 3.05) is 24.6 Å². The van der Waals surface area contributed by atoms with Crippen molar-refractivity contribution in [3.05, 3.63) is 54.1 Å². The molecule has 3 saturated carbocycles. The monoisotopic (exact) mass is 560 g/mol. The Morgan fingerprint density at radius 1 is 1.17 bits per heavy atom. The van der Waals surface area contributed by atoms with E-state index in [0.29, 0.717) is 29.7 Å². The molecule has 2 aromatic rings. The lowest BCUT2D eigenvalue weighted by Crippen LogP contribution is -2.62. The summed E-state index contributed by atoms with van der Waals surface area (Å²) in [4.78, 5) is 26.5. The zero-order chi connectivity index (χ0) is 28.9. The van der Waals surface area contributed by atoms with Gasteiger partial charge in [0.15, 0.2) is 0 Å². The van der Waals surface area contributed by atoms with Gasteiger partial charge in [-0.25, -0.2) is 0 Å². The number of hydrogen-bond donors (Lipinski definition) is 3. The highest BCUT2D eigenvalue weighted by molar-refractivity contribution is 5.83. The second-order valence-corrected chi connectivity index (χ2v) is 13.2. The minimum absolute atomic E-state index is 0.113. The van der Waals surface area contributed by atoms with Crippen LogP contribution in [0.3, 0.4) is 0 Å². The van der Waals surface area contributed by atoms with E-state index >= 15 is 0 Å².